The Labute approximate surface area is 176 Å². The summed E-state index contributed by atoms with van der Waals surface area (Å²) in [7, 11) is 0. The van der Waals surface area contributed by atoms with Crippen molar-refractivity contribution in [1.82, 2.24) is 15.6 Å². The van der Waals surface area contributed by atoms with Crippen molar-refractivity contribution in [3.05, 3.63) is 59.2 Å². The lowest BCUT2D eigenvalue weighted by Crippen LogP contribution is -2.39. The minimum absolute atomic E-state index is 0.0560. The second kappa shape index (κ2) is 8.00. The standard InChI is InChI=1S/C21H19N3O5S/c25-17(12-3-7-27-8-4-12)18-16(15-2-1-6-28-15)23-21(30-18)24-19(26)14-10-13-5-9-29-20(13)22-11-14/h1-2,5-6,9-12,21,23H,3-4,7-8H2,(H,24,26). The van der Waals surface area contributed by atoms with Crippen molar-refractivity contribution < 1.29 is 23.2 Å². The number of carbonyl (C=O) groups is 2. The van der Waals surface area contributed by atoms with Crippen LogP contribution in [-0.2, 0) is 9.53 Å². The van der Waals surface area contributed by atoms with Crippen LogP contribution in [0, 0.1) is 5.92 Å². The monoisotopic (exact) mass is 425 g/mol. The van der Waals surface area contributed by atoms with E-state index in [1.165, 1.54) is 24.2 Å². The Morgan fingerprint density at radius 1 is 1.17 bits per heavy atom. The zero-order valence-electron chi connectivity index (χ0n) is 15.9. The van der Waals surface area contributed by atoms with E-state index in [2.05, 4.69) is 15.6 Å². The Kier molecular flexibility index (Phi) is 5.06. The summed E-state index contributed by atoms with van der Waals surface area (Å²) in [5.41, 5.74) is 0.993. The third-order valence-corrected chi connectivity index (χ3v) is 6.26. The molecule has 3 aromatic heterocycles. The summed E-state index contributed by atoms with van der Waals surface area (Å²) in [6, 6.07) is 7.03. The molecular formula is C21H19N3O5S. The molecule has 2 aliphatic rings. The minimum Gasteiger partial charge on any atom is -0.463 e. The van der Waals surface area contributed by atoms with Gasteiger partial charge >= 0.3 is 0 Å². The number of allylic oxidation sites excluding steroid dienone is 1. The summed E-state index contributed by atoms with van der Waals surface area (Å²) in [5, 5.41) is 6.89. The summed E-state index contributed by atoms with van der Waals surface area (Å²) in [4.78, 5) is 30.7. The van der Waals surface area contributed by atoms with Gasteiger partial charge in [0.15, 0.2) is 17.0 Å². The summed E-state index contributed by atoms with van der Waals surface area (Å²) in [6.45, 7) is 1.17. The van der Waals surface area contributed by atoms with Gasteiger partial charge in [0.25, 0.3) is 5.91 Å². The average molecular weight is 425 g/mol. The number of pyridine rings is 1. The molecule has 0 spiro atoms. The molecule has 1 unspecified atom stereocenters. The number of nitrogens with zero attached hydrogens (tertiary/aromatic N) is 1. The van der Waals surface area contributed by atoms with E-state index < -0.39 is 5.50 Å². The minimum atomic E-state index is -0.503. The van der Waals surface area contributed by atoms with Gasteiger partial charge in [-0.15, -0.1) is 0 Å². The van der Waals surface area contributed by atoms with Crippen molar-refractivity contribution in [2.75, 3.05) is 13.2 Å². The molecule has 3 aromatic rings. The molecule has 1 fully saturated rings. The van der Waals surface area contributed by atoms with Crippen molar-refractivity contribution in [3.63, 3.8) is 0 Å². The van der Waals surface area contributed by atoms with E-state index in [9.17, 15) is 9.59 Å². The number of hydrogen-bond acceptors (Lipinski definition) is 8. The summed E-state index contributed by atoms with van der Waals surface area (Å²) < 4.78 is 16.1. The van der Waals surface area contributed by atoms with E-state index in [1.54, 1.807) is 30.5 Å². The van der Waals surface area contributed by atoms with Crippen LogP contribution in [0.4, 0.5) is 0 Å². The molecule has 0 bridgehead atoms. The molecule has 0 aliphatic carbocycles. The SMILES string of the molecule is O=C(NC1NC(c2ccco2)=C(C(=O)C2CCOCC2)S1)c1cnc2occc2c1. The Morgan fingerprint density at radius 2 is 2.03 bits per heavy atom. The predicted octanol–water partition coefficient (Wildman–Crippen LogP) is 3.14. The number of amides is 1. The highest BCUT2D eigenvalue weighted by Gasteiger charge is 2.35. The Balaban J connectivity index is 1.35. The zero-order chi connectivity index (χ0) is 20.5. The number of aromatic nitrogens is 1. The van der Waals surface area contributed by atoms with Crippen LogP contribution in [0.25, 0.3) is 16.8 Å². The highest BCUT2D eigenvalue weighted by atomic mass is 32.2. The molecule has 0 radical (unpaired) electrons. The van der Waals surface area contributed by atoms with Crippen molar-refractivity contribution >= 4 is 40.2 Å². The van der Waals surface area contributed by atoms with E-state index >= 15 is 0 Å². The summed E-state index contributed by atoms with van der Waals surface area (Å²) in [6.07, 6.45) is 5.95. The maximum atomic E-state index is 13.2. The van der Waals surface area contributed by atoms with Crippen LogP contribution in [0.3, 0.4) is 0 Å². The van der Waals surface area contributed by atoms with Gasteiger partial charge < -0.3 is 24.2 Å². The van der Waals surface area contributed by atoms with Crippen molar-refractivity contribution in [3.8, 4) is 0 Å². The largest absolute Gasteiger partial charge is 0.463 e. The predicted molar refractivity (Wildman–Crippen MR) is 110 cm³/mol. The first kappa shape index (κ1) is 19.0. The van der Waals surface area contributed by atoms with Gasteiger partial charge in [0, 0.05) is 30.7 Å². The molecule has 5 rings (SSSR count). The van der Waals surface area contributed by atoms with E-state index in [0.717, 1.165) is 5.39 Å². The lowest BCUT2D eigenvalue weighted by molar-refractivity contribution is -0.121. The van der Waals surface area contributed by atoms with E-state index in [-0.39, 0.29) is 17.6 Å². The van der Waals surface area contributed by atoms with Gasteiger partial charge in [0.1, 0.15) is 0 Å². The van der Waals surface area contributed by atoms with Gasteiger partial charge in [-0.1, -0.05) is 11.8 Å². The molecule has 5 heterocycles. The number of rotatable bonds is 5. The fraction of sp³-hybridized carbons (Fsp3) is 0.286. The molecule has 1 saturated heterocycles. The van der Waals surface area contributed by atoms with E-state index in [0.29, 0.717) is 53.7 Å². The molecule has 0 aromatic carbocycles. The van der Waals surface area contributed by atoms with Crippen molar-refractivity contribution in [2.24, 2.45) is 5.92 Å². The number of hydrogen-bond donors (Lipinski definition) is 2. The number of carbonyl (C=O) groups excluding carboxylic acids is 2. The van der Waals surface area contributed by atoms with Gasteiger partial charge in [0.05, 0.1) is 28.7 Å². The third kappa shape index (κ3) is 3.61. The molecule has 30 heavy (non-hydrogen) atoms. The summed E-state index contributed by atoms with van der Waals surface area (Å²) >= 11 is 1.29. The maximum Gasteiger partial charge on any atom is 0.255 e. The molecule has 154 valence electrons. The number of fused-ring (bicyclic) bond motifs is 1. The van der Waals surface area contributed by atoms with Gasteiger partial charge in [-0.25, -0.2) is 4.98 Å². The molecular weight excluding hydrogens is 406 g/mol. The number of thioether (sulfide) groups is 1. The van der Waals surface area contributed by atoms with Crippen LogP contribution < -0.4 is 10.6 Å². The lowest BCUT2D eigenvalue weighted by Gasteiger charge is -2.21. The first-order valence-corrected chi connectivity index (χ1v) is 10.5. The van der Waals surface area contributed by atoms with Crippen LogP contribution >= 0.6 is 11.8 Å². The zero-order valence-corrected chi connectivity index (χ0v) is 16.7. The molecule has 8 nitrogen and oxygen atoms in total. The van der Waals surface area contributed by atoms with Crippen molar-refractivity contribution in [1.29, 1.82) is 0 Å². The average Bonchev–Trinajstić information content (AvgIpc) is 3.53. The molecule has 1 amide bonds. The van der Waals surface area contributed by atoms with Gasteiger partial charge in [-0.2, -0.15) is 0 Å². The topological polar surface area (TPSA) is 107 Å². The number of Topliss-reactive ketones (excluding diaryl/α,β-unsaturated/α-hetero) is 1. The first-order valence-electron chi connectivity index (χ1n) is 9.66. The number of nitrogens with one attached hydrogen (secondary N) is 2. The first-order chi connectivity index (χ1) is 14.7. The Bertz CT molecular complexity index is 1110. The van der Waals surface area contributed by atoms with Crippen LogP contribution in [0.5, 0.6) is 0 Å². The highest BCUT2D eigenvalue weighted by molar-refractivity contribution is 8.05. The lowest BCUT2D eigenvalue weighted by atomic mass is 9.94. The fourth-order valence-electron chi connectivity index (χ4n) is 3.58. The highest BCUT2D eigenvalue weighted by Crippen LogP contribution is 2.38. The molecule has 1 atom stereocenters. The van der Waals surface area contributed by atoms with Crippen molar-refractivity contribution in [2.45, 2.75) is 18.3 Å². The van der Waals surface area contributed by atoms with Crippen LogP contribution in [0.1, 0.15) is 29.0 Å². The number of ether oxygens (including phenoxy) is 1. The second-order valence-electron chi connectivity index (χ2n) is 7.09. The number of furan rings is 2. The third-order valence-electron chi connectivity index (χ3n) is 5.15. The normalized spacial score (nSPS) is 19.8. The van der Waals surface area contributed by atoms with E-state index in [1.807, 2.05) is 0 Å². The quantitative estimate of drug-likeness (QED) is 0.642. The Hall–Kier alpha value is -3.04. The second-order valence-corrected chi connectivity index (χ2v) is 8.20. The fourth-order valence-corrected chi connectivity index (χ4v) is 4.72. The molecule has 2 N–H and O–H groups in total. The van der Waals surface area contributed by atoms with Gasteiger partial charge in [-0.3, -0.25) is 9.59 Å². The van der Waals surface area contributed by atoms with Gasteiger partial charge in [-0.05, 0) is 37.1 Å². The van der Waals surface area contributed by atoms with Crippen LogP contribution in [-0.4, -0.2) is 35.4 Å². The Morgan fingerprint density at radius 3 is 2.83 bits per heavy atom. The molecule has 9 heteroatoms. The maximum absolute atomic E-state index is 13.2. The number of ketones is 1. The smallest absolute Gasteiger partial charge is 0.255 e. The summed E-state index contributed by atoms with van der Waals surface area (Å²) in [5.74, 6) is 0.237. The molecule has 2 aliphatic heterocycles. The van der Waals surface area contributed by atoms with E-state index in [4.69, 9.17) is 13.6 Å². The van der Waals surface area contributed by atoms with Crippen LogP contribution in [0.2, 0.25) is 0 Å². The van der Waals surface area contributed by atoms with Crippen LogP contribution in [0.15, 0.2) is 56.7 Å². The molecule has 0 saturated carbocycles. The van der Waals surface area contributed by atoms with Gasteiger partial charge in [0.2, 0.25) is 5.71 Å².